The van der Waals surface area contributed by atoms with Crippen LogP contribution in [0.1, 0.15) is 10.4 Å². The number of nitrogens with zero attached hydrogens (tertiary/aromatic N) is 5. The van der Waals surface area contributed by atoms with Crippen LogP contribution in [0.5, 0.6) is 0 Å². The summed E-state index contributed by atoms with van der Waals surface area (Å²) in [5.41, 5.74) is 7.25. The summed E-state index contributed by atoms with van der Waals surface area (Å²) in [6.07, 6.45) is 4.32. The Kier molecular flexibility index (Phi) is 3.99. The Morgan fingerprint density at radius 3 is 2.59 bits per heavy atom. The molecule has 0 aliphatic rings. The van der Waals surface area contributed by atoms with Gasteiger partial charge < -0.3 is 10.6 Å². The molecule has 2 N–H and O–H groups in total. The van der Waals surface area contributed by atoms with Crippen molar-refractivity contribution in [1.29, 1.82) is 0 Å². The minimum Gasteiger partial charge on any atom is -0.365 e. The molecule has 27 heavy (non-hydrogen) atoms. The zero-order valence-corrected chi connectivity index (χ0v) is 13.7. The lowest BCUT2D eigenvalue weighted by Crippen LogP contribution is -2.17. The van der Waals surface area contributed by atoms with E-state index in [0.717, 1.165) is 0 Å². The van der Waals surface area contributed by atoms with Crippen LogP contribution >= 0.6 is 0 Å². The molecule has 0 bridgehead atoms. The van der Waals surface area contributed by atoms with Crippen molar-refractivity contribution in [3.05, 3.63) is 60.6 Å². The number of hydrogen-bond donors (Lipinski definition) is 1. The molecule has 0 spiro atoms. The van der Waals surface area contributed by atoms with Gasteiger partial charge in [0.15, 0.2) is 5.65 Å². The highest BCUT2D eigenvalue weighted by molar-refractivity contribution is 6.05. The Morgan fingerprint density at radius 2 is 1.89 bits per heavy atom. The lowest BCUT2D eigenvalue weighted by Gasteiger charge is -2.01. The molecule has 1 amide bonds. The molecule has 1 aromatic carbocycles. The molecule has 136 valence electrons. The van der Waals surface area contributed by atoms with Crippen LogP contribution in [-0.2, 0) is 0 Å². The second-order valence-corrected chi connectivity index (χ2v) is 5.50. The molecule has 0 aliphatic heterocycles. The minimum atomic E-state index is -3.07. The van der Waals surface area contributed by atoms with Gasteiger partial charge in [-0.1, -0.05) is 35.2 Å². The van der Waals surface area contributed by atoms with Crippen LogP contribution in [0, 0.1) is 0 Å². The lowest BCUT2D eigenvalue weighted by atomic mass is 10.0. The Morgan fingerprint density at radius 1 is 1.11 bits per heavy atom. The maximum Gasteiger partial charge on any atom is 0.407 e. The van der Waals surface area contributed by atoms with E-state index in [-0.39, 0.29) is 16.9 Å². The first-order valence-electron chi connectivity index (χ1n) is 7.78. The predicted octanol–water partition coefficient (Wildman–Crippen LogP) is 2.01. The zero-order chi connectivity index (χ0) is 19.0. The van der Waals surface area contributed by atoms with Gasteiger partial charge in [0.1, 0.15) is 17.0 Å². The molecule has 3 heterocycles. The van der Waals surface area contributed by atoms with Gasteiger partial charge >= 0.3 is 6.61 Å². The first kappa shape index (κ1) is 16.6. The van der Waals surface area contributed by atoms with E-state index in [1.807, 2.05) is 0 Å². The standard InChI is InChI=1S/C17H12F2N6O2/c18-17(19)27-25-9-11(13(23-25)10-5-2-1-3-6-10)14-12(15(20)26)16-21-7-4-8-24(16)22-14/h1-9,17H,(H2,20,26). The van der Waals surface area contributed by atoms with Gasteiger partial charge in [0.25, 0.3) is 5.91 Å². The van der Waals surface area contributed by atoms with E-state index in [2.05, 4.69) is 20.0 Å². The number of benzene rings is 1. The van der Waals surface area contributed by atoms with Crippen molar-refractivity contribution in [2.45, 2.75) is 6.61 Å². The molecule has 4 rings (SSSR count). The van der Waals surface area contributed by atoms with E-state index in [1.165, 1.54) is 16.9 Å². The third kappa shape index (κ3) is 2.97. The molecule has 10 heteroatoms. The quantitative estimate of drug-likeness (QED) is 0.579. The van der Waals surface area contributed by atoms with Crippen molar-refractivity contribution in [2.24, 2.45) is 5.73 Å². The zero-order valence-electron chi connectivity index (χ0n) is 13.7. The summed E-state index contributed by atoms with van der Waals surface area (Å²) in [5, 5.41) is 8.40. The Labute approximate surface area is 150 Å². The summed E-state index contributed by atoms with van der Waals surface area (Å²) in [7, 11) is 0. The van der Waals surface area contributed by atoms with Crippen molar-refractivity contribution in [2.75, 3.05) is 0 Å². The van der Waals surface area contributed by atoms with E-state index < -0.39 is 12.5 Å². The van der Waals surface area contributed by atoms with Crippen LogP contribution in [0.15, 0.2) is 55.0 Å². The Balaban J connectivity index is 1.98. The number of alkyl halides is 2. The SMILES string of the molecule is NC(=O)c1c(-c2cn(OC(F)F)nc2-c2ccccc2)nn2cccnc12. The summed E-state index contributed by atoms with van der Waals surface area (Å²) in [4.78, 5) is 21.2. The van der Waals surface area contributed by atoms with Gasteiger partial charge in [0, 0.05) is 18.0 Å². The van der Waals surface area contributed by atoms with Crippen molar-refractivity contribution in [3.63, 3.8) is 0 Å². The van der Waals surface area contributed by atoms with Crippen molar-refractivity contribution < 1.29 is 18.4 Å². The van der Waals surface area contributed by atoms with Gasteiger partial charge in [-0.25, -0.2) is 9.50 Å². The van der Waals surface area contributed by atoms with E-state index in [9.17, 15) is 13.6 Å². The maximum absolute atomic E-state index is 12.7. The molecule has 8 nitrogen and oxygen atoms in total. The second-order valence-electron chi connectivity index (χ2n) is 5.50. The van der Waals surface area contributed by atoms with E-state index in [0.29, 0.717) is 21.7 Å². The molecule has 0 atom stereocenters. The van der Waals surface area contributed by atoms with E-state index in [4.69, 9.17) is 5.73 Å². The normalized spacial score (nSPS) is 11.2. The van der Waals surface area contributed by atoms with Gasteiger partial charge in [-0.05, 0) is 6.07 Å². The monoisotopic (exact) mass is 370 g/mol. The number of rotatable bonds is 5. The smallest absolute Gasteiger partial charge is 0.365 e. The maximum atomic E-state index is 12.7. The average Bonchev–Trinajstić information content (AvgIpc) is 3.23. The summed E-state index contributed by atoms with van der Waals surface area (Å²) in [6, 6.07) is 10.5. The number of fused-ring (bicyclic) bond motifs is 1. The van der Waals surface area contributed by atoms with Gasteiger partial charge in [0.05, 0.1) is 11.8 Å². The van der Waals surface area contributed by atoms with Crippen LogP contribution < -0.4 is 10.6 Å². The minimum absolute atomic E-state index is 0.0596. The van der Waals surface area contributed by atoms with Crippen LogP contribution in [0.2, 0.25) is 0 Å². The molecular weight excluding hydrogens is 358 g/mol. The van der Waals surface area contributed by atoms with Crippen LogP contribution in [0.25, 0.3) is 28.2 Å². The number of carbonyl (C=O) groups excluding carboxylic acids is 1. The Bertz CT molecular complexity index is 1120. The van der Waals surface area contributed by atoms with Crippen molar-refractivity contribution >= 4 is 11.6 Å². The van der Waals surface area contributed by atoms with Crippen LogP contribution in [-0.4, -0.2) is 37.1 Å². The topological polar surface area (TPSA) is 100 Å². The van der Waals surface area contributed by atoms with E-state index in [1.54, 1.807) is 42.6 Å². The summed E-state index contributed by atoms with van der Waals surface area (Å²) in [6.45, 7) is -3.07. The number of amides is 1. The third-order valence-corrected chi connectivity index (χ3v) is 3.82. The third-order valence-electron chi connectivity index (χ3n) is 3.82. The van der Waals surface area contributed by atoms with Gasteiger partial charge in [0.2, 0.25) is 0 Å². The van der Waals surface area contributed by atoms with Crippen molar-refractivity contribution in [1.82, 2.24) is 24.5 Å². The number of nitrogens with two attached hydrogens (primary N) is 1. The first-order valence-corrected chi connectivity index (χ1v) is 7.78. The van der Waals surface area contributed by atoms with Crippen LogP contribution in [0.3, 0.4) is 0 Å². The molecule has 0 saturated carbocycles. The molecular formula is C17H12F2N6O2. The molecule has 0 fully saturated rings. The number of primary amides is 1. The molecule has 3 aromatic heterocycles. The molecule has 4 aromatic rings. The highest BCUT2D eigenvalue weighted by Gasteiger charge is 2.25. The first-order chi connectivity index (χ1) is 13.0. The van der Waals surface area contributed by atoms with E-state index >= 15 is 0 Å². The predicted molar refractivity (Wildman–Crippen MR) is 90.7 cm³/mol. The Hall–Kier alpha value is -3.82. The molecule has 0 unspecified atom stereocenters. The largest absolute Gasteiger partial charge is 0.407 e. The second kappa shape index (κ2) is 6.48. The molecule has 0 radical (unpaired) electrons. The van der Waals surface area contributed by atoms with Gasteiger partial charge in [-0.3, -0.25) is 4.79 Å². The fourth-order valence-electron chi connectivity index (χ4n) is 2.77. The number of halogens is 2. The number of carbonyl (C=O) groups is 1. The van der Waals surface area contributed by atoms with Gasteiger partial charge in [-0.15, -0.1) is 5.10 Å². The summed E-state index contributed by atoms with van der Waals surface area (Å²) < 4.78 is 26.7. The van der Waals surface area contributed by atoms with Crippen molar-refractivity contribution in [3.8, 4) is 22.5 Å². The summed E-state index contributed by atoms with van der Waals surface area (Å²) >= 11 is 0. The number of hydrogen-bond acceptors (Lipinski definition) is 5. The number of aromatic nitrogens is 5. The lowest BCUT2D eigenvalue weighted by molar-refractivity contribution is -0.142. The molecule has 0 saturated heterocycles. The molecule has 0 aliphatic carbocycles. The highest BCUT2D eigenvalue weighted by Crippen LogP contribution is 2.33. The average molecular weight is 370 g/mol. The summed E-state index contributed by atoms with van der Waals surface area (Å²) in [5.74, 6) is -0.750. The highest BCUT2D eigenvalue weighted by atomic mass is 19.3. The fourth-order valence-corrected chi connectivity index (χ4v) is 2.77. The fraction of sp³-hybridized carbons (Fsp3) is 0.0588. The van der Waals surface area contributed by atoms with Crippen LogP contribution in [0.4, 0.5) is 8.78 Å². The van der Waals surface area contributed by atoms with Gasteiger partial charge in [-0.2, -0.15) is 13.9 Å².